The van der Waals surface area contributed by atoms with E-state index in [1.165, 1.54) is 41.7 Å². The van der Waals surface area contributed by atoms with Gasteiger partial charge in [0.05, 0.1) is 25.7 Å². The number of amides is 3. The number of halogens is 1. The van der Waals surface area contributed by atoms with Gasteiger partial charge in [0, 0.05) is 31.5 Å². The van der Waals surface area contributed by atoms with E-state index in [1.54, 1.807) is 29.2 Å². The van der Waals surface area contributed by atoms with Crippen molar-refractivity contribution in [1.82, 2.24) is 15.1 Å². The summed E-state index contributed by atoms with van der Waals surface area (Å²) in [6.45, 7) is 0.795. The number of benzene rings is 1. The van der Waals surface area contributed by atoms with Gasteiger partial charge in [0.1, 0.15) is 23.3 Å². The fourth-order valence-corrected chi connectivity index (χ4v) is 4.62. The minimum absolute atomic E-state index is 0.00303. The van der Waals surface area contributed by atoms with Crippen molar-refractivity contribution >= 4 is 17.7 Å². The van der Waals surface area contributed by atoms with Crippen LogP contribution in [-0.4, -0.2) is 59.0 Å². The number of furan rings is 2. The Hall–Kier alpha value is -3.92. The van der Waals surface area contributed by atoms with Crippen molar-refractivity contribution in [1.29, 1.82) is 0 Å². The summed E-state index contributed by atoms with van der Waals surface area (Å²) in [5, 5.41) is 2.80. The van der Waals surface area contributed by atoms with Gasteiger partial charge in [-0.3, -0.25) is 19.3 Å². The molecule has 35 heavy (non-hydrogen) atoms. The largest absolute Gasteiger partial charge is 0.467 e. The highest BCUT2D eigenvalue weighted by Gasteiger charge is 2.54. The maximum Gasteiger partial charge on any atom is 0.289 e. The zero-order valence-corrected chi connectivity index (χ0v) is 18.8. The molecule has 10 heteroatoms. The fraction of sp³-hybridized carbons (Fsp3) is 0.320. The molecule has 0 aliphatic carbocycles. The van der Waals surface area contributed by atoms with Crippen LogP contribution in [0.5, 0.6) is 0 Å². The van der Waals surface area contributed by atoms with Gasteiger partial charge in [-0.1, -0.05) is 0 Å². The molecule has 4 heterocycles. The normalized spacial score (nSPS) is 19.2. The number of rotatable bonds is 5. The molecule has 0 saturated carbocycles. The first kappa shape index (κ1) is 22.9. The topological polar surface area (TPSA) is 105 Å². The van der Waals surface area contributed by atoms with Crippen LogP contribution in [0.15, 0.2) is 69.9 Å². The van der Waals surface area contributed by atoms with Gasteiger partial charge in [-0.2, -0.15) is 0 Å². The van der Waals surface area contributed by atoms with Crippen LogP contribution in [0.4, 0.5) is 4.39 Å². The lowest BCUT2D eigenvalue weighted by molar-refractivity contribution is -0.128. The molecule has 0 bridgehead atoms. The Kier molecular flexibility index (Phi) is 6.12. The number of hydrogen-bond donors (Lipinski definition) is 1. The molecule has 1 spiro atoms. The molecule has 182 valence electrons. The van der Waals surface area contributed by atoms with Crippen LogP contribution in [0.2, 0.25) is 0 Å². The van der Waals surface area contributed by atoms with Crippen molar-refractivity contribution in [3.8, 4) is 0 Å². The summed E-state index contributed by atoms with van der Waals surface area (Å²) in [4.78, 5) is 42.5. The van der Waals surface area contributed by atoms with Crippen LogP contribution < -0.4 is 5.32 Å². The number of carbonyl (C=O) groups is 3. The summed E-state index contributed by atoms with van der Waals surface area (Å²) in [5.74, 6) is -0.719. The standard InChI is InChI=1S/C25H24FN3O6/c26-18-7-5-17(6-8-18)23(31)29-20(22(30)27-15-19-3-1-13-33-19)16-35-25(29)9-11-28(12-10-25)24(32)21-4-2-14-34-21/h1-8,13-14,20H,9-12,15-16H2,(H,27,30). The van der Waals surface area contributed by atoms with Crippen LogP contribution >= 0.6 is 0 Å². The number of nitrogens with zero attached hydrogens (tertiary/aromatic N) is 2. The van der Waals surface area contributed by atoms with Crippen LogP contribution in [0, 0.1) is 5.82 Å². The predicted octanol–water partition coefficient (Wildman–Crippen LogP) is 2.80. The van der Waals surface area contributed by atoms with Gasteiger partial charge in [0.15, 0.2) is 5.76 Å². The maximum atomic E-state index is 13.6. The molecule has 1 aromatic carbocycles. The van der Waals surface area contributed by atoms with E-state index in [-0.39, 0.29) is 36.3 Å². The molecule has 2 saturated heterocycles. The third kappa shape index (κ3) is 4.44. The summed E-state index contributed by atoms with van der Waals surface area (Å²) in [7, 11) is 0. The SMILES string of the molecule is O=C(NCc1ccco1)C1COC2(CCN(C(=O)c3ccco3)CC2)N1C(=O)c1ccc(F)cc1. The number of likely N-dealkylation sites (tertiary alicyclic amines) is 1. The first-order chi connectivity index (χ1) is 17.0. The van der Waals surface area contributed by atoms with E-state index in [1.807, 2.05) is 0 Å². The fourth-order valence-electron chi connectivity index (χ4n) is 4.62. The Balaban J connectivity index is 1.37. The molecule has 1 N–H and O–H groups in total. The Morgan fingerprint density at radius 1 is 0.971 bits per heavy atom. The number of piperidine rings is 1. The third-order valence-corrected chi connectivity index (χ3v) is 6.45. The summed E-state index contributed by atoms with van der Waals surface area (Å²) < 4.78 is 30.1. The van der Waals surface area contributed by atoms with Crippen molar-refractivity contribution < 1.29 is 32.3 Å². The molecule has 2 aliphatic heterocycles. The van der Waals surface area contributed by atoms with Crippen molar-refractivity contribution in [2.45, 2.75) is 31.2 Å². The first-order valence-corrected chi connectivity index (χ1v) is 11.3. The quantitative estimate of drug-likeness (QED) is 0.601. The number of nitrogens with one attached hydrogen (secondary N) is 1. The minimum atomic E-state index is -1.07. The molecule has 1 unspecified atom stereocenters. The van der Waals surface area contributed by atoms with Gasteiger partial charge in [0.2, 0.25) is 5.91 Å². The van der Waals surface area contributed by atoms with E-state index in [0.29, 0.717) is 31.7 Å². The van der Waals surface area contributed by atoms with Gasteiger partial charge in [0.25, 0.3) is 11.8 Å². The second-order valence-corrected chi connectivity index (χ2v) is 8.52. The maximum absolute atomic E-state index is 13.6. The molecule has 2 fully saturated rings. The van der Waals surface area contributed by atoms with Crippen LogP contribution in [0.25, 0.3) is 0 Å². The first-order valence-electron chi connectivity index (χ1n) is 11.3. The summed E-state index contributed by atoms with van der Waals surface area (Å²) >= 11 is 0. The van der Waals surface area contributed by atoms with Gasteiger partial charge in [-0.15, -0.1) is 0 Å². The molecular formula is C25H24FN3O6. The second kappa shape index (κ2) is 9.38. The molecule has 0 radical (unpaired) electrons. The Morgan fingerprint density at radius 2 is 1.69 bits per heavy atom. The Labute approximate surface area is 200 Å². The van der Waals surface area contributed by atoms with Crippen molar-refractivity contribution in [2.24, 2.45) is 0 Å². The highest BCUT2D eigenvalue weighted by Crippen LogP contribution is 2.39. The summed E-state index contributed by atoms with van der Waals surface area (Å²) in [6.07, 6.45) is 3.58. The lowest BCUT2D eigenvalue weighted by Gasteiger charge is -2.44. The van der Waals surface area contributed by atoms with Crippen LogP contribution in [-0.2, 0) is 16.1 Å². The van der Waals surface area contributed by atoms with Crippen LogP contribution in [0.3, 0.4) is 0 Å². The van der Waals surface area contributed by atoms with Gasteiger partial charge < -0.3 is 23.8 Å². The second-order valence-electron chi connectivity index (χ2n) is 8.52. The molecule has 1 atom stereocenters. The van der Waals surface area contributed by atoms with E-state index in [4.69, 9.17) is 13.6 Å². The van der Waals surface area contributed by atoms with Crippen molar-refractivity contribution in [2.75, 3.05) is 19.7 Å². The summed E-state index contributed by atoms with van der Waals surface area (Å²) in [6, 6.07) is 11.0. The monoisotopic (exact) mass is 481 g/mol. The Bertz CT molecular complexity index is 1180. The molecule has 2 aromatic heterocycles. The predicted molar refractivity (Wildman–Crippen MR) is 119 cm³/mol. The smallest absolute Gasteiger partial charge is 0.289 e. The van der Waals surface area contributed by atoms with Crippen molar-refractivity contribution in [3.63, 3.8) is 0 Å². The molecular weight excluding hydrogens is 457 g/mol. The summed E-state index contributed by atoms with van der Waals surface area (Å²) in [5.41, 5.74) is -0.827. The molecule has 5 rings (SSSR count). The molecule has 9 nitrogen and oxygen atoms in total. The lowest BCUT2D eigenvalue weighted by Crippen LogP contribution is -2.59. The van der Waals surface area contributed by atoms with Gasteiger partial charge in [-0.25, -0.2) is 4.39 Å². The molecule has 3 amide bonds. The van der Waals surface area contributed by atoms with E-state index in [2.05, 4.69) is 5.32 Å². The highest BCUT2D eigenvalue weighted by molar-refractivity contribution is 5.98. The van der Waals surface area contributed by atoms with Gasteiger partial charge >= 0.3 is 0 Å². The average molecular weight is 481 g/mol. The molecule has 3 aromatic rings. The van der Waals surface area contributed by atoms with Crippen LogP contribution in [0.1, 0.15) is 39.5 Å². The zero-order chi connectivity index (χ0) is 24.4. The Morgan fingerprint density at radius 3 is 2.34 bits per heavy atom. The van der Waals surface area contributed by atoms with E-state index in [9.17, 15) is 18.8 Å². The minimum Gasteiger partial charge on any atom is -0.467 e. The van der Waals surface area contributed by atoms with Crippen molar-refractivity contribution in [3.05, 3.63) is 84.0 Å². The van der Waals surface area contributed by atoms with E-state index < -0.39 is 23.5 Å². The van der Waals surface area contributed by atoms with E-state index >= 15 is 0 Å². The third-order valence-electron chi connectivity index (χ3n) is 6.45. The van der Waals surface area contributed by atoms with Gasteiger partial charge in [-0.05, 0) is 48.5 Å². The average Bonchev–Trinajstić information content (AvgIpc) is 3.65. The number of ether oxygens (including phenoxy) is 1. The lowest BCUT2D eigenvalue weighted by atomic mass is 9.96. The number of carbonyl (C=O) groups excluding carboxylic acids is 3. The highest BCUT2D eigenvalue weighted by atomic mass is 19.1. The molecule has 2 aliphatic rings. The van der Waals surface area contributed by atoms with E-state index in [0.717, 1.165) is 0 Å². The number of hydrogen-bond acceptors (Lipinski definition) is 6. The zero-order valence-electron chi connectivity index (χ0n) is 18.8.